The third-order valence-corrected chi connectivity index (χ3v) is 3.60. The van der Waals surface area contributed by atoms with Crippen molar-refractivity contribution < 1.29 is 13.5 Å². The molecule has 1 aromatic carbocycles. The van der Waals surface area contributed by atoms with Crippen LogP contribution >= 0.6 is 0 Å². The Labute approximate surface area is 101 Å². The molecular formula is C14H18F2O. The molecule has 1 aliphatic rings. The van der Waals surface area contributed by atoms with Gasteiger partial charge in [-0.3, -0.25) is 0 Å². The van der Waals surface area contributed by atoms with Crippen LogP contribution in [0.5, 0.6) is 5.75 Å². The molecule has 1 aromatic rings. The predicted molar refractivity (Wildman–Crippen MR) is 63.3 cm³/mol. The lowest BCUT2D eigenvalue weighted by molar-refractivity contribution is 0.171. The highest BCUT2D eigenvalue weighted by Gasteiger charge is 2.33. The van der Waals surface area contributed by atoms with Crippen LogP contribution < -0.4 is 4.74 Å². The van der Waals surface area contributed by atoms with Crippen LogP contribution in [-0.4, -0.2) is 6.61 Å². The molecule has 1 aliphatic heterocycles. The van der Waals surface area contributed by atoms with Gasteiger partial charge in [-0.15, -0.1) is 0 Å². The summed E-state index contributed by atoms with van der Waals surface area (Å²) in [5, 5.41) is 0. The Morgan fingerprint density at radius 3 is 2.59 bits per heavy atom. The van der Waals surface area contributed by atoms with E-state index in [1.165, 1.54) is 6.07 Å². The van der Waals surface area contributed by atoms with E-state index in [1.807, 2.05) is 0 Å². The number of rotatable bonds is 3. The summed E-state index contributed by atoms with van der Waals surface area (Å²) in [6.07, 6.45) is 2.78. The standard InChI is InChI=1S/C14H18F2O/c1-3-5-10-9(4-2)8-17-14-12(16)7-6-11(15)13(10)14/h6-7,9-10H,3-5,8H2,1-2H3/t9-,10?/m1/s1. The largest absolute Gasteiger partial charge is 0.490 e. The number of ether oxygens (including phenoxy) is 1. The van der Waals surface area contributed by atoms with Gasteiger partial charge in [0, 0.05) is 5.56 Å². The summed E-state index contributed by atoms with van der Waals surface area (Å²) in [4.78, 5) is 0. The van der Waals surface area contributed by atoms with Crippen molar-refractivity contribution in [3.8, 4) is 5.75 Å². The topological polar surface area (TPSA) is 9.23 Å². The maximum Gasteiger partial charge on any atom is 0.165 e. The molecule has 0 amide bonds. The van der Waals surface area contributed by atoms with Crippen LogP contribution in [0.4, 0.5) is 8.78 Å². The van der Waals surface area contributed by atoms with E-state index < -0.39 is 5.82 Å². The molecule has 1 nitrogen and oxygen atoms in total. The van der Waals surface area contributed by atoms with Gasteiger partial charge >= 0.3 is 0 Å². The van der Waals surface area contributed by atoms with Gasteiger partial charge in [0.05, 0.1) is 6.61 Å². The second-order valence-electron chi connectivity index (χ2n) is 4.65. The lowest BCUT2D eigenvalue weighted by Gasteiger charge is -2.33. The maximum absolute atomic E-state index is 13.9. The van der Waals surface area contributed by atoms with Gasteiger partial charge in [0.1, 0.15) is 5.82 Å². The minimum atomic E-state index is -0.447. The van der Waals surface area contributed by atoms with Crippen LogP contribution in [0.15, 0.2) is 12.1 Å². The number of halogens is 2. The molecule has 2 atom stereocenters. The minimum Gasteiger partial charge on any atom is -0.490 e. The van der Waals surface area contributed by atoms with Crippen molar-refractivity contribution in [1.29, 1.82) is 0 Å². The average Bonchev–Trinajstić information content (AvgIpc) is 2.34. The molecule has 1 heterocycles. The SMILES string of the molecule is CCCC1c2c(F)ccc(F)c2OC[C@H]1CC. The molecule has 0 bridgehead atoms. The summed E-state index contributed by atoms with van der Waals surface area (Å²) < 4.78 is 32.9. The first-order valence-corrected chi connectivity index (χ1v) is 6.29. The van der Waals surface area contributed by atoms with Gasteiger partial charge in [0.15, 0.2) is 11.6 Å². The normalized spacial score (nSPS) is 23.1. The first-order valence-electron chi connectivity index (χ1n) is 6.29. The third kappa shape index (κ3) is 2.15. The van der Waals surface area contributed by atoms with Crippen molar-refractivity contribution in [1.82, 2.24) is 0 Å². The monoisotopic (exact) mass is 240 g/mol. The molecule has 0 aromatic heterocycles. The van der Waals surface area contributed by atoms with E-state index in [4.69, 9.17) is 4.74 Å². The van der Waals surface area contributed by atoms with Gasteiger partial charge in [0.25, 0.3) is 0 Å². The van der Waals surface area contributed by atoms with Crippen molar-refractivity contribution in [3.63, 3.8) is 0 Å². The predicted octanol–water partition coefficient (Wildman–Crippen LogP) is 4.27. The number of hydrogen-bond acceptors (Lipinski definition) is 1. The first-order chi connectivity index (χ1) is 8.19. The Balaban J connectivity index is 2.47. The van der Waals surface area contributed by atoms with Crippen LogP contribution in [0.2, 0.25) is 0 Å². The Morgan fingerprint density at radius 1 is 1.24 bits per heavy atom. The fourth-order valence-corrected chi connectivity index (χ4v) is 2.68. The molecule has 0 saturated heterocycles. The fourth-order valence-electron chi connectivity index (χ4n) is 2.68. The van der Waals surface area contributed by atoms with Crippen molar-refractivity contribution in [2.24, 2.45) is 5.92 Å². The third-order valence-electron chi connectivity index (χ3n) is 3.60. The van der Waals surface area contributed by atoms with Gasteiger partial charge in [-0.2, -0.15) is 0 Å². The molecule has 3 heteroatoms. The summed E-state index contributed by atoms with van der Waals surface area (Å²) >= 11 is 0. The molecule has 0 N–H and O–H groups in total. The average molecular weight is 240 g/mol. The van der Waals surface area contributed by atoms with E-state index in [1.54, 1.807) is 0 Å². The summed E-state index contributed by atoms with van der Waals surface area (Å²) in [7, 11) is 0. The van der Waals surface area contributed by atoms with E-state index in [9.17, 15) is 8.78 Å². The van der Waals surface area contributed by atoms with E-state index in [-0.39, 0.29) is 17.5 Å². The Morgan fingerprint density at radius 2 is 1.94 bits per heavy atom. The Hall–Kier alpha value is -1.12. The molecule has 0 spiro atoms. The van der Waals surface area contributed by atoms with Gasteiger partial charge in [-0.05, 0) is 36.8 Å². The molecule has 2 rings (SSSR count). The highest BCUT2D eigenvalue weighted by Crippen LogP contribution is 2.43. The fraction of sp³-hybridized carbons (Fsp3) is 0.571. The van der Waals surface area contributed by atoms with Gasteiger partial charge in [0.2, 0.25) is 0 Å². The zero-order valence-electron chi connectivity index (χ0n) is 10.3. The highest BCUT2D eigenvalue weighted by molar-refractivity contribution is 5.41. The van der Waals surface area contributed by atoms with E-state index in [2.05, 4.69) is 13.8 Å². The smallest absolute Gasteiger partial charge is 0.165 e. The van der Waals surface area contributed by atoms with E-state index in [0.29, 0.717) is 18.1 Å². The van der Waals surface area contributed by atoms with Crippen LogP contribution in [0, 0.1) is 17.6 Å². The number of hydrogen-bond donors (Lipinski definition) is 0. The van der Waals surface area contributed by atoms with E-state index >= 15 is 0 Å². The number of benzene rings is 1. The minimum absolute atomic E-state index is 0.0875. The Kier molecular flexibility index (Phi) is 3.65. The van der Waals surface area contributed by atoms with Crippen LogP contribution in [0.25, 0.3) is 0 Å². The summed E-state index contributed by atoms with van der Waals surface area (Å²) in [5.74, 6) is -0.272. The first kappa shape index (κ1) is 12.3. The van der Waals surface area contributed by atoms with Crippen molar-refractivity contribution in [2.75, 3.05) is 6.61 Å². The molecule has 17 heavy (non-hydrogen) atoms. The molecule has 0 saturated carbocycles. The summed E-state index contributed by atoms with van der Waals surface area (Å²) in [6.45, 7) is 4.63. The Bertz CT molecular complexity index is 403. The van der Waals surface area contributed by atoms with Gasteiger partial charge < -0.3 is 4.74 Å². The molecule has 0 aliphatic carbocycles. The molecule has 0 fully saturated rings. The summed E-state index contributed by atoms with van der Waals surface area (Å²) in [6, 6.07) is 2.35. The lowest BCUT2D eigenvalue weighted by atomic mass is 9.79. The quantitative estimate of drug-likeness (QED) is 0.766. The second-order valence-corrected chi connectivity index (χ2v) is 4.65. The second kappa shape index (κ2) is 5.03. The van der Waals surface area contributed by atoms with E-state index in [0.717, 1.165) is 25.3 Å². The lowest BCUT2D eigenvalue weighted by Crippen LogP contribution is -2.27. The van der Waals surface area contributed by atoms with Crippen LogP contribution in [-0.2, 0) is 0 Å². The van der Waals surface area contributed by atoms with Crippen LogP contribution in [0.3, 0.4) is 0 Å². The summed E-state index contributed by atoms with van der Waals surface area (Å²) in [5.41, 5.74) is 0.449. The number of fused-ring (bicyclic) bond motifs is 1. The zero-order chi connectivity index (χ0) is 12.4. The maximum atomic E-state index is 13.9. The zero-order valence-corrected chi connectivity index (χ0v) is 10.3. The van der Waals surface area contributed by atoms with Crippen LogP contribution in [0.1, 0.15) is 44.6 Å². The van der Waals surface area contributed by atoms with Crippen molar-refractivity contribution >= 4 is 0 Å². The highest BCUT2D eigenvalue weighted by atomic mass is 19.1. The van der Waals surface area contributed by atoms with Gasteiger partial charge in [-0.25, -0.2) is 8.78 Å². The molecule has 1 unspecified atom stereocenters. The van der Waals surface area contributed by atoms with Crippen molar-refractivity contribution in [3.05, 3.63) is 29.3 Å². The van der Waals surface area contributed by atoms with Gasteiger partial charge in [-0.1, -0.05) is 20.3 Å². The molecule has 0 radical (unpaired) electrons. The molecular weight excluding hydrogens is 222 g/mol. The molecule has 94 valence electrons. The van der Waals surface area contributed by atoms with Crippen molar-refractivity contribution in [2.45, 2.75) is 39.0 Å².